The lowest BCUT2D eigenvalue weighted by molar-refractivity contribution is 0.141. The van der Waals surface area contributed by atoms with Crippen molar-refractivity contribution < 1.29 is 5.11 Å². The van der Waals surface area contributed by atoms with E-state index in [4.69, 9.17) is 0 Å². The van der Waals surface area contributed by atoms with Crippen molar-refractivity contribution in [2.75, 3.05) is 6.54 Å². The van der Waals surface area contributed by atoms with E-state index in [0.717, 1.165) is 18.9 Å². The van der Waals surface area contributed by atoms with Gasteiger partial charge >= 0.3 is 0 Å². The molecule has 1 aliphatic carbocycles. The van der Waals surface area contributed by atoms with Gasteiger partial charge in [0.1, 0.15) is 0 Å². The minimum atomic E-state index is -0.167. The highest BCUT2D eigenvalue weighted by Gasteiger charge is 2.18. The number of nitrogens with one attached hydrogen (secondary N) is 1. The molecule has 1 aliphatic rings. The van der Waals surface area contributed by atoms with Gasteiger partial charge in [0, 0.05) is 12.6 Å². The highest BCUT2D eigenvalue weighted by atomic mass is 16.3. The lowest BCUT2D eigenvalue weighted by Crippen LogP contribution is -2.35. The first kappa shape index (κ1) is 16.0. The topological polar surface area (TPSA) is 32.3 Å². The quantitative estimate of drug-likeness (QED) is 0.679. The molecule has 0 heterocycles. The predicted octanol–water partition coefficient (Wildman–Crippen LogP) is 3.73. The van der Waals surface area contributed by atoms with Gasteiger partial charge in [-0.15, -0.1) is 0 Å². The van der Waals surface area contributed by atoms with Crippen molar-refractivity contribution >= 4 is 0 Å². The van der Waals surface area contributed by atoms with E-state index in [-0.39, 0.29) is 6.10 Å². The first-order chi connectivity index (χ1) is 8.61. The van der Waals surface area contributed by atoms with Gasteiger partial charge in [0.05, 0.1) is 6.10 Å². The summed E-state index contributed by atoms with van der Waals surface area (Å²) in [5.41, 5.74) is 0. The fraction of sp³-hybridized carbons (Fsp3) is 1.00. The van der Waals surface area contributed by atoms with Crippen molar-refractivity contribution in [2.45, 2.75) is 84.3 Å². The van der Waals surface area contributed by atoms with E-state index in [1.54, 1.807) is 0 Å². The average Bonchev–Trinajstić information content (AvgIpc) is 2.52. The maximum atomic E-state index is 9.89. The number of hydrogen-bond acceptors (Lipinski definition) is 2. The first-order valence-electron chi connectivity index (χ1n) is 8.03. The molecular formula is C16H33NO. The molecule has 1 saturated carbocycles. The number of rotatable bonds is 7. The fourth-order valence-corrected chi connectivity index (χ4v) is 3.21. The third-order valence-corrected chi connectivity index (χ3v) is 4.17. The van der Waals surface area contributed by atoms with Crippen LogP contribution in [0.25, 0.3) is 0 Å². The number of aliphatic hydroxyl groups is 1. The summed E-state index contributed by atoms with van der Waals surface area (Å²) in [4.78, 5) is 0. The Hall–Kier alpha value is -0.0800. The van der Waals surface area contributed by atoms with Gasteiger partial charge in [0.15, 0.2) is 0 Å². The summed E-state index contributed by atoms with van der Waals surface area (Å²) in [5, 5.41) is 13.5. The van der Waals surface area contributed by atoms with Crippen LogP contribution >= 0.6 is 0 Å². The highest BCUT2D eigenvalue weighted by Crippen LogP contribution is 2.26. The van der Waals surface area contributed by atoms with Crippen LogP contribution in [-0.2, 0) is 0 Å². The monoisotopic (exact) mass is 255 g/mol. The third kappa shape index (κ3) is 6.75. The van der Waals surface area contributed by atoms with Crippen molar-refractivity contribution in [3.05, 3.63) is 0 Å². The summed E-state index contributed by atoms with van der Waals surface area (Å²) < 4.78 is 0. The van der Waals surface area contributed by atoms with Crippen LogP contribution in [0.15, 0.2) is 0 Å². The lowest BCUT2D eigenvalue weighted by atomic mass is 9.95. The Morgan fingerprint density at radius 2 is 1.94 bits per heavy atom. The van der Waals surface area contributed by atoms with E-state index >= 15 is 0 Å². The molecule has 3 atom stereocenters. The Balaban J connectivity index is 2.19. The van der Waals surface area contributed by atoms with Gasteiger partial charge in [-0.1, -0.05) is 46.5 Å². The second-order valence-corrected chi connectivity index (χ2v) is 6.55. The van der Waals surface area contributed by atoms with Crippen molar-refractivity contribution in [3.8, 4) is 0 Å². The fourth-order valence-electron chi connectivity index (χ4n) is 3.21. The zero-order valence-electron chi connectivity index (χ0n) is 12.6. The molecule has 1 rings (SSSR count). The molecule has 0 radical (unpaired) electrons. The molecule has 2 nitrogen and oxygen atoms in total. The molecule has 18 heavy (non-hydrogen) atoms. The molecule has 108 valence electrons. The zero-order valence-corrected chi connectivity index (χ0v) is 12.6. The van der Waals surface area contributed by atoms with Crippen LogP contribution in [0.5, 0.6) is 0 Å². The maximum Gasteiger partial charge on any atom is 0.0667 e. The van der Waals surface area contributed by atoms with Crippen LogP contribution in [0, 0.1) is 11.8 Å². The number of hydrogen-bond donors (Lipinski definition) is 2. The van der Waals surface area contributed by atoms with Crippen molar-refractivity contribution in [2.24, 2.45) is 11.8 Å². The summed E-state index contributed by atoms with van der Waals surface area (Å²) in [5.74, 6) is 1.55. The largest absolute Gasteiger partial charge is 0.392 e. The van der Waals surface area contributed by atoms with E-state index in [1.165, 1.54) is 44.9 Å². The molecule has 0 spiro atoms. The summed E-state index contributed by atoms with van der Waals surface area (Å²) in [6, 6.07) is 0.647. The highest BCUT2D eigenvalue weighted by molar-refractivity contribution is 4.76. The normalized spacial score (nSPS) is 27.2. The molecule has 0 saturated heterocycles. The molecular weight excluding hydrogens is 222 g/mol. The molecule has 2 N–H and O–H groups in total. The smallest absolute Gasteiger partial charge is 0.0667 e. The molecule has 0 amide bonds. The summed E-state index contributed by atoms with van der Waals surface area (Å²) in [6.07, 6.45) is 10.2. The molecule has 1 fully saturated rings. The van der Waals surface area contributed by atoms with Crippen molar-refractivity contribution in [1.82, 2.24) is 5.32 Å². The van der Waals surface area contributed by atoms with Crippen LogP contribution in [0.1, 0.15) is 72.1 Å². The Morgan fingerprint density at radius 1 is 1.17 bits per heavy atom. The maximum absolute atomic E-state index is 9.89. The average molecular weight is 255 g/mol. The second-order valence-electron chi connectivity index (χ2n) is 6.55. The Bertz CT molecular complexity index is 205. The third-order valence-electron chi connectivity index (χ3n) is 4.17. The van der Waals surface area contributed by atoms with E-state index in [2.05, 4.69) is 26.1 Å². The molecule has 3 unspecified atom stereocenters. The number of aliphatic hydroxyl groups excluding tert-OH is 1. The van der Waals surface area contributed by atoms with Crippen LogP contribution in [-0.4, -0.2) is 23.8 Å². The SMILES string of the molecule is CCCC1CCCC(NCC(O)CC(C)C)CC1. The molecule has 2 heteroatoms. The Morgan fingerprint density at radius 3 is 2.61 bits per heavy atom. The van der Waals surface area contributed by atoms with Gasteiger partial charge in [-0.2, -0.15) is 0 Å². The molecule has 0 aromatic carbocycles. The molecule has 0 aliphatic heterocycles. The summed E-state index contributed by atoms with van der Waals surface area (Å²) in [7, 11) is 0. The molecule has 0 aromatic rings. The van der Waals surface area contributed by atoms with Crippen molar-refractivity contribution in [3.63, 3.8) is 0 Å². The van der Waals surface area contributed by atoms with E-state index in [1.807, 2.05) is 0 Å². The predicted molar refractivity (Wildman–Crippen MR) is 78.7 cm³/mol. The minimum absolute atomic E-state index is 0.167. The van der Waals surface area contributed by atoms with E-state index in [9.17, 15) is 5.11 Å². The van der Waals surface area contributed by atoms with E-state index < -0.39 is 0 Å². The zero-order chi connectivity index (χ0) is 13.4. The molecule has 0 aromatic heterocycles. The van der Waals surface area contributed by atoms with Crippen LogP contribution in [0.4, 0.5) is 0 Å². The van der Waals surface area contributed by atoms with Crippen LogP contribution in [0.2, 0.25) is 0 Å². The van der Waals surface area contributed by atoms with Crippen LogP contribution < -0.4 is 5.32 Å². The van der Waals surface area contributed by atoms with Gasteiger partial charge in [-0.25, -0.2) is 0 Å². The summed E-state index contributed by atoms with van der Waals surface area (Å²) in [6.45, 7) is 7.42. The van der Waals surface area contributed by atoms with E-state index in [0.29, 0.717) is 12.0 Å². The minimum Gasteiger partial charge on any atom is -0.392 e. The van der Waals surface area contributed by atoms with Gasteiger partial charge in [-0.05, 0) is 37.5 Å². The van der Waals surface area contributed by atoms with Gasteiger partial charge in [0.2, 0.25) is 0 Å². The van der Waals surface area contributed by atoms with Gasteiger partial charge < -0.3 is 10.4 Å². The van der Waals surface area contributed by atoms with Crippen LogP contribution in [0.3, 0.4) is 0 Å². The van der Waals surface area contributed by atoms with Gasteiger partial charge in [0.25, 0.3) is 0 Å². The summed E-state index contributed by atoms with van der Waals surface area (Å²) >= 11 is 0. The Kier molecular flexibility index (Phi) is 7.92. The first-order valence-corrected chi connectivity index (χ1v) is 8.03. The molecule has 0 bridgehead atoms. The Labute approximate surface area is 114 Å². The lowest BCUT2D eigenvalue weighted by Gasteiger charge is -2.20. The standard InChI is InChI=1S/C16H33NO/c1-4-6-14-7-5-8-15(10-9-14)17-12-16(18)11-13(2)3/h13-18H,4-12H2,1-3H3. The van der Waals surface area contributed by atoms with Gasteiger partial charge in [-0.3, -0.25) is 0 Å². The second kappa shape index (κ2) is 8.92. The van der Waals surface area contributed by atoms with Crippen molar-refractivity contribution in [1.29, 1.82) is 0 Å².